The second-order valence-electron chi connectivity index (χ2n) is 2.82. The van der Waals surface area contributed by atoms with Gasteiger partial charge < -0.3 is 0 Å². The van der Waals surface area contributed by atoms with Crippen molar-refractivity contribution >= 4 is 28.5 Å². The molecule has 0 spiro atoms. The van der Waals surface area contributed by atoms with Gasteiger partial charge in [0.2, 0.25) is 0 Å². The van der Waals surface area contributed by atoms with E-state index < -0.39 is 12.1 Å². The summed E-state index contributed by atoms with van der Waals surface area (Å²) in [6.45, 7) is 3.28. The van der Waals surface area contributed by atoms with Crippen LogP contribution in [0.3, 0.4) is 0 Å². The number of hydrogen-bond donors (Lipinski definition) is 2. The van der Waals surface area contributed by atoms with Crippen LogP contribution in [0.5, 0.6) is 0 Å². The zero-order valence-electron chi connectivity index (χ0n) is 7.85. The van der Waals surface area contributed by atoms with Gasteiger partial charge in [-0.05, 0) is 0 Å². The monoisotopic (exact) mass is 262 g/mol. The van der Waals surface area contributed by atoms with Crippen molar-refractivity contribution in [1.82, 2.24) is 0 Å². The molecule has 84 valence electrons. The number of halogens is 2. The maximum atomic E-state index is 8.97. The Kier molecular flexibility index (Phi) is 5.10. The molecule has 0 rings (SSSR count). The molecule has 0 aliphatic carbocycles. The van der Waals surface area contributed by atoms with Crippen LogP contribution < -0.4 is 0 Å². The average Bonchev–Trinajstić information content (AvgIpc) is 1.95. The molecule has 0 fully saturated rings. The first kappa shape index (κ1) is 14.4. The maximum absolute atomic E-state index is 8.97. The molecule has 0 amide bonds. The van der Waals surface area contributed by atoms with E-state index in [1.165, 1.54) is 6.92 Å². The first-order chi connectivity index (χ1) is 6.10. The van der Waals surface area contributed by atoms with E-state index in [1.54, 1.807) is 6.92 Å². The van der Waals surface area contributed by atoms with E-state index in [0.717, 1.165) is 0 Å². The predicted molar refractivity (Wildman–Crippen MR) is 57.9 cm³/mol. The Balaban J connectivity index is 3.90. The molecule has 7 heteroatoms. The number of rotatable bonds is 5. The summed E-state index contributed by atoms with van der Waals surface area (Å²) >= 11 is 10.2. The first-order valence-corrected chi connectivity index (χ1v) is 7.69. The summed E-state index contributed by atoms with van der Waals surface area (Å²) in [4.78, 5) is 17.9. The standard InChI is InChI=1S/C7H13Cl2O4P/c1-4-6(2)12-5-7(3)13-14(8,9,10)11/h1,6-7,10-11H,5H2,2-3H3. The molecule has 0 radical (unpaired) electrons. The third kappa shape index (κ3) is 8.98. The van der Waals surface area contributed by atoms with Crippen LogP contribution in [0.1, 0.15) is 13.8 Å². The van der Waals surface area contributed by atoms with Crippen LogP contribution in [-0.4, -0.2) is 28.6 Å². The normalized spacial score (nSPS) is 19.1. The zero-order valence-corrected chi connectivity index (χ0v) is 10.3. The van der Waals surface area contributed by atoms with Crippen molar-refractivity contribution in [2.75, 3.05) is 6.61 Å². The summed E-state index contributed by atoms with van der Waals surface area (Å²) in [7, 11) is 0. The molecule has 0 saturated heterocycles. The molecule has 4 nitrogen and oxygen atoms in total. The van der Waals surface area contributed by atoms with E-state index in [4.69, 9.17) is 43.4 Å². The number of terminal acetylenes is 1. The van der Waals surface area contributed by atoms with Crippen molar-refractivity contribution < 1.29 is 19.0 Å². The van der Waals surface area contributed by atoms with Gasteiger partial charge in [-0.25, -0.2) is 0 Å². The quantitative estimate of drug-likeness (QED) is 0.588. The fraction of sp³-hybridized carbons (Fsp3) is 0.714. The Bertz CT molecular complexity index is 223. The zero-order chi connectivity index (χ0) is 11.4. The van der Waals surface area contributed by atoms with Gasteiger partial charge in [0.15, 0.2) is 0 Å². The molecule has 2 unspecified atom stereocenters. The average molecular weight is 263 g/mol. The van der Waals surface area contributed by atoms with E-state index in [0.29, 0.717) is 0 Å². The SMILES string of the molecule is C#CC(C)OCC(C)OP(O)(O)(Cl)Cl. The van der Waals surface area contributed by atoms with Gasteiger partial charge >= 0.3 is 92.5 Å². The number of ether oxygens (including phenoxy) is 1. The van der Waals surface area contributed by atoms with Crippen LogP contribution in [0.25, 0.3) is 0 Å². The fourth-order valence-electron chi connectivity index (χ4n) is 0.655. The summed E-state index contributed by atoms with van der Waals surface area (Å²) < 4.78 is 9.66. The van der Waals surface area contributed by atoms with E-state index in [2.05, 4.69) is 10.4 Å². The summed E-state index contributed by atoms with van der Waals surface area (Å²) in [5, 5.41) is 0. The molecular weight excluding hydrogens is 250 g/mol. The van der Waals surface area contributed by atoms with Crippen LogP contribution in [0.2, 0.25) is 0 Å². The van der Waals surface area contributed by atoms with Crippen molar-refractivity contribution in [2.24, 2.45) is 0 Å². The summed E-state index contributed by atoms with van der Waals surface area (Å²) in [5.74, 6) is -2.61. The molecule has 0 heterocycles. The Morgan fingerprint density at radius 2 is 1.93 bits per heavy atom. The summed E-state index contributed by atoms with van der Waals surface area (Å²) in [6, 6.07) is 0. The van der Waals surface area contributed by atoms with Crippen molar-refractivity contribution in [3.05, 3.63) is 0 Å². The van der Waals surface area contributed by atoms with Gasteiger partial charge in [-0.1, -0.05) is 0 Å². The Morgan fingerprint density at radius 1 is 1.43 bits per heavy atom. The predicted octanol–water partition coefficient (Wildman–Crippen LogP) is 2.02. The van der Waals surface area contributed by atoms with Crippen LogP contribution >= 0.6 is 28.5 Å². The van der Waals surface area contributed by atoms with Crippen LogP contribution in [0.15, 0.2) is 0 Å². The van der Waals surface area contributed by atoms with Crippen molar-refractivity contribution in [1.29, 1.82) is 0 Å². The molecule has 14 heavy (non-hydrogen) atoms. The molecule has 2 atom stereocenters. The summed E-state index contributed by atoms with van der Waals surface area (Å²) in [5.41, 5.74) is 0. The molecule has 0 aromatic carbocycles. The number of hydrogen-bond acceptors (Lipinski definition) is 4. The molecular formula is C7H13Cl2O4P. The molecule has 0 aliphatic rings. The van der Waals surface area contributed by atoms with E-state index in [9.17, 15) is 0 Å². The van der Waals surface area contributed by atoms with E-state index >= 15 is 0 Å². The van der Waals surface area contributed by atoms with Gasteiger partial charge in [0.25, 0.3) is 0 Å². The third-order valence-electron chi connectivity index (χ3n) is 1.17. The fourth-order valence-corrected chi connectivity index (χ4v) is 2.13. The molecule has 0 aliphatic heterocycles. The summed E-state index contributed by atoms with van der Waals surface area (Å²) in [6.07, 6.45) is 4.01. The Hall–Kier alpha value is 0.410. The van der Waals surface area contributed by atoms with E-state index in [1.807, 2.05) is 0 Å². The van der Waals surface area contributed by atoms with Crippen molar-refractivity contribution in [3.8, 4) is 12.3 Å². The van der Waals surface area contributed by atoms with Crippen LogP contribution in [0, 0.1) is 12.3 Å². The van der Waals surface area contributed by atoms with Gasteiger partial charge in [-0.3, -0.25) is 0 Å². The molecule has 0 aromatic heterocycles. The van der Waals surface area contributed by atoms with Crippen LogP contribution in [0.4, 0.5) is 0 Å². The van der Waals surface area contributed by atoms with Gasteiger partial charge in [0.05, 0.1) is 0 Å². The van der Waals surface area contributed by atoms with Gasteiger partial charge in [0, 0.05) is 0 Å². The Labute approximate surface area is 92.9 Å². The van der Waals surface area contributed by atoms with Crippen molar-refractivity contribution in [2.45, 2.75) is 26.1 Å². The van der Waals surface area contributed by atoms with Gasteiger partial charge in [0.1, 0.15) is 0 Å². The van der Waals surface area contributed by atoms with Crippen molar-refractivity contribution in [3.63, 3.8) is 0 Å². The first-order valence-electron chi connectivity index (χ1n) is 3.82. The second-order valence-corrected chi connectivity index (χ2v) is 8.72. The minimum atomic E-state index is -4.95. The molecule has 0 bridgehead atoms. The van der Waals surface area contributed by atoms with E-state index in [-0.39, 0.29) is 12.7 Å². The third-order valence-corrected chi connectivity index (χ3v) is 2.36. The van der Waals surface area contributed by atoms with Gasteiger partial charge in [-0.15, -0.1) is 0 Å². The second kappa shape index (κ2) is 4.96. The molecule has 0 aromatic rings. The Morgan fingerprint density at radius 3 is 2.29 bits per heavy atom. The topological polar surface area (TPSA) is 58.9 Å². The van der Waals surface area contributed by atoms with Crippen LogP contribution in [-0.2, 0) is 9.26 Å². The molecule has 0 saturated carbocycles. The molecule has 2 N–H and O–H groups in total. The minimum absolute atomic E-state index is 0.0732. The van der Waals surface area contributed by atoms with Gasteiger partial charge in [-0.2, -0.15) is 0 Å².